The summed E-state index contributed by atoms with van der Waals surface area (Å²) in [6, 6.07) is 6.87. The van der Waals surface area contributed by atoms with Crippen LogP contribution in [-0.4, -0.2) is 48.1 Å². The van der Waals surface area contributed by atoms with E-state index < -0.39 is 0 Å². The molecule has 1 aliphatic heterocycles. The van der Waals surface area contributed by atoms with Crippen LogP contribution in [0, 0.1) is 5.82 Å². The monoisotopic (exact) mass is 327 g/mol. The summed E-state index contributed by atoms with van der Waals surface area (Å²) in [5.74, 6) is -0.326. The van der Waals surface area contributed by atoms with Crippen LogP contribution in [0.1, 0.15) is 0 Å². The molecule has 3 aromatic rings. The molecule has 1 aliphatic rings. The molecule has 0 spiro atoms. The summed E-state index contributed by atoms with van der Waals surface area (Å²) >= 11 is 0. The predicted octanol–water partition coefficient (Wildman–Crippen LogP) is 2.44. The van der Waals surface area contributed by atoms with Crippen molar-refractivity contribution in [3.8, 4) is 5.69 Å². The van der Waals surface area contributed by atoms with Crippen LogP contribution in [0.5, 0.6) is 0 Å². The number of hydrogen-bond acceptors (Lipinski definition) is 5. The van der Waals surface area contributed by atoms with Crippen molar-refractivity contribution in [1.82, 2.24) is 14.8 Å². The van der Waals surface area contributed by atoms with Crippen LogP contribution in [0.15, 0.2) is 36.7 Å². The van der Waals surface area contributed by atoms with E-state index in [9.17, 15) is 4.39 Å². The van der Waals surface area contributed by atoms with Crippen molar-refractivity contribution in [3.63, 3.8) is 0 Å². The number of aromatic nitrogens is 3. The van der Waals surface area contributed by atoms with Crippen molar-refractivity contribution in [1.29, 1.82) is 0 Å². The first-order chi connectivity index (χ1) is 11.7. The van der Waals surface area contributed by atoms with E-state index in [0.717, 1.165) is 29.9 Å². The first-order valence-corrected chi connectivity index (χ1v) is 7.79. The Hall–Kier alpha value is -2.67. The second-order valence-electron chi connectivity index (χ2n) is 5.86. The molecule has 124 valence electrons. The maximum absolute atomic E-state index is 14.1. The number of benzene rings is 1. The smallest absolute Gasteiger partial charge is 0.181 e. The number of nitrogens with one attached hydrogen (secondary N) is 1. The molecule has 0 saturated carbocycles. The molecule has 4 rings (SSSR count). The van der Waals surface area contributed by atoms with Gasteiger partial charge >= 0.3 is 0 Å². The second kappa shape index (κ2) is 5.76. The van der Waals surface area contributed by atoms with E-state index in [2.05, 4.69) is 20.3 Å². The third-order valence-electron chi connectivity index (χ3n) is 4.37. The molecular formula is C17H18FN5O. The number of rotatable bonds is 4. The zero-order chi connectivity index (χ0) is 16.7. The molecule has 6 nitrogen and oxygen atoms in total. The summed E-state index contributed by atoms with van der Waals surface area (Å²) in [5, 5.41) is 8.27. The molecule has 1 saturated heterocycles. The van der Waals surface area contributed by atoms with E-state index in [1.54, 1.807) is 38.7 Å². The van der Waals surface area contributed by atoms with Gasteiger partial charge in [0.05, 0.1) is 18.0 Å². The summed E-state index contributed by atoms with van der Waals surface area (Å²) in [7, 11) is 3.52. The van der Waals surface area contributed by atoms with Crippen LogP contribution in [0.4, 0.5) is 15.8 Å². The molecule has 24 heavy (non-hydrogen) atoms. The summed E-state index contributed by atoms with van der Waals surface area (Å²) < 4.78 is 21.0. The zero-order valence-corrected chi connectivity index (χ0v) is 13.5. The number of nitrogens with zero attached hydrogens (tertiary/aromatic N) is 4. The van der Waals surface area contributed by atoms with Crippen molar-refractivity contribution in [3.05, 3.63) is 42.5 Å². The molecule has 0 unspecified atom stereocenters. The topological polar surface area (TPSA) is 55.2 Å². The molecular weight excluding hydrogens is 309 g/mol. The summed E-state index contributed by atoms with van der Waals surface area (Å²) in [4.78, 5) is 6.60. The summed E-state index contributed by atoms with van der Waals surface area (Å²) in [6.45, 7) is 1.72. The Morgan fingerprint density at radius 3 is 2.88 bits per heavy atom. The van der Waals surface area contributed by atoms with Gasteiger partial charge in [0.1, 0.15) is 11.5 Å². The van der Waals surface area contributed by atoms with Gasteiger partial charge in [-0.25, -0.2) is 14.1 Å². The minimum absolute atomic E-state index is 0.279. The summed E-state index contributed by atoms with van der Waals surface area (Å²) in [5.41, 5.74) is 2.84. The van der Waals surface area contributed by atoms with E-state index in [1.807, 2.05) is 6.07 Å². The Balaban J connectivity index is 1.69. The van der Waals surface area contributed by atoms with Crippen LogP contribution in [0.2, 0.25) is 0 Å². The molecule has 0 amide bonds. The molecule has 0 atom stereocenters. The number of ether oxygens (including phenoxy) is 1. The minimum Gasteiger partial charge on any atom is -0.388 e. The highest BCUT2D eigenvalue weighted by atomic mass is 19.1. The van der Waals surface area contributed by atoms with Crippen LogP contribution in [0.25, 0.3) is 16.7 Å². The number of hydrogen-bond donors (Lipinski definition) is 1. The second-order valence-corrected chi connectivity index (χ2v) is 5.86. The van der Waals surface area contributed by atoms with Crippen LogP contribution in [0.3, 0.4) is 0 Å². The van der Waals surface area contributed by atoms with Crippen LogP contribution >= 0.6 is 0 Å². The lowest BCUT2D eigenvalue weighted by Crippen LogP contribution is -2.51. The number of fused-ring (bicyclic) bond motifs is 1. The van der Waals surface area contributed by atoms with Gasteiger partial charge in [0, 0.05) is 44.5 Å². The number of methoxy groups -OCH3 is 1. The first kappa shape index (κ1) is 14.9. The SMILES string of the molecule is CNc1ccc(F)c(-n2cc3cc(N4CC(OC)C4)cnc3n2)c1. The molecule has 0 bridgehead atoms. The quantitative estimate of drug-likeness (QED) is 0.798. The van der Waals surface area contributed by atoms with Crippen molar-refractivity contribution in [2.24, 2.45) is 0 Å². The lowest BCUT2D eigenvalue weighted by atomic mass is 10.1. The number of pyridine rings is 1. The molecule has 0 radical (unpaired) electrons. The zero-order valence-electron chi connectivity index (χ0n) is 13.5. The third kappa shape index (κ3) is 2.46. The highest BCUT2D eigenvalue weighted by Crippen LogP contribution is 2.26. The van der Waals surface area contributed by atoms with Crippen LogP contribution in [-0.2, 0) is 4.74 Å². The highest BCUT2D eigenvalue weighted by Gasteiger charge is 2.27. The normalized spacial score (nSPS) is 14.9. The fraction of sp³-hybridized carbons (Fsp3) is 0.294. The highest BCUT2D eigenvalue weighted by molar-refractivity contribution is 5.79. The Morgan fingerprint density at radius 2 is 2.12 bits per heavy atom. The standard InChI is InChI=1S/C17H18FN5O/c1-19-12-3-4-15(18)16(6-12)23-8-11-5-13(7-20-17(11)21-23)22-9-14(10-22)24-2/h3-8,14,19H,9-10H2,1-2H3. The van der Waals surface area contributed by atoms with Gasteiger partial charge in [-0.3, -0.25) is 0 Å². The molecule has 1 aromatic carbocycles. The number of anilines is 2. The molecule has 1 N–H and O–H groups in total. The van der Waals surface area contributed by atoms with Crippen molar-refractivity contribution >= 4 is 22.4 Å². The van der Waals surface area contributed by atoms with E-state index in [4.69, 9.17) is 4.74 Å². The lowest BCUT2D eigenvalue weighted by Gasteiger charge is -2.39. The van der Waals surface area contributed by atoms with Gasteiger partial charge in [0.25, 0.3) is 0 Å². The molecule has 7 heteroatoms. The van der Waals surface area contributed by atoms with E-state index in [1.165, 1.54) is 10.7 Å². The molecule has 2 aromatic heterocycles. The predicted molar refractivity (Wildman–Crippen MR) is 91.4 cm³/mol. The van der Waals surface area contributed by atoms with E-state index in [0.29, 0.717) is 11.3 Å². The minimum atomic E-state index is -0.326. The van der Waals surface area contributed by atoms with E-state index >= 15 is 0 Å². The average Bonchev–Trinajstić information content (AvgIpc) is 2.97. The maximum atomic E-state index is 14.1. The van der Waals surface area contributed by atoms with Crippen molar-refractivity contribution in [2.45, 2.75) is 6.10 Å². The van der Waals surface area contributed by atoms with Crippen molar-refractivity contribution < 1.29 is 9.13 Å². The first-order valence-electron chi connectivity index (χ1n) is 7.79. The molecule has 0 aliphatic carbocycles. The van der Waals surface area contributed by atoms with E-state index in [-0.39, 0.29) is 11.9 Å². The fourth-order valence-corrected chi connectivity index (χ4v) is 2.84. The summed E-state index contributed by atoms with van der Waals surface area (Å²) in [6.07, 6.45) is 3.88. The van der Waals surface area contributed by atoms with Crippen LogP contribution < -0.4 is 10.2 Å². The molecule has 3 heterocycles. The van der Waals surface area contributed by atoms with Gasteiger partial charge in [-0.05, 0) is 24.3 Å². The van der Waals surface area contributed by atoms with Gasteiger partial charge in [-0.15, -0.1) is 5.10 Å². The maximum Gasteiger partial charge on any atom is 0.181 e. The largest absolute Gasteiger partial charge is 0.388 e. The molecule has 1 fully saturated rings. The fourth-order valence-electron chi connectivity index (χ4n) is 2.84. The lowest BCUT2D eigenvalue weighted by molar-refractivity contribution is 0.0787. The van der Waals surface area contributed by atoms with Gasteiger partial charge in [-0.1, -0.05) is 0 Å². The Bertz CT molecular complexity index is 888. The Kier molecular flexibility index (Phi) is 3.57. The Labute approximate surface area is 138 Å². The van der Waals surface area contributed by atoms with Crippen molar-refractivity contribution in [2.75, 3.05) is 37.5 Å². The van der Waals surface area contributed by atoms with Gasteiger partial charge in [-0.2, -0.15) is 0 Å². The van der Waals surface area contributed by atoms with Gasteiger partial charge in [0.2, 0.25) is 0 Å². The average molecular weight is 327 g/mol. The number of halogens is 1. The van der Waals surface area contributed by atoms with Gasteiger partial charge in [0.15, 0.2) is 5.65 Å². The third-order valence-corrected chi connectivity index (χ3v) is 4.37. The Morgan fingerprint density at radius 1 is 1.29 bits per heavy atom. The van der Waals surface area contributed by atoms with Gasteiger partial charge < -0.3 is 15.0 Å².